The minimum atomic E-state index is -1.32. The third-order valence-electron chi connectivity index (χ3n) is 20.0. The molecular formula is C59H97N7O23. The summed E-state index contributed by atoms with van der Waals surface area (Å²) in [6.45, 7) is 2.77. The van der Waals surface area contributed by atoms with E-state index in [2.05, 4.69) is 31.4 Å². The number of aliphatic carboxylic acids is 9. The lowest BCUT2D eigenvalue weighted by Gasteiger charge is -2.62. The van der Waals surface area contributed by atoms with Gasteiger partial charge in [0, 0.05) is 32.6 Å². The van der Waals surface area contributed by atoms with Crippen LogP contribution in [0.3, 0.4) is 0 Å². The number of aliphatic hydroxyl groups excluding tert-OH is 1. The van der Waals surface area contributed by atoms with Crippen LogP contribution in [0.1, 0.15) is 124 Å². The minimum absolute atomic E-state index is 0.0116. The van der Waals surface area contributed by atoms with Crippen molar-refractivity contribution >= 4 is 59.8 Å². The smallest absolute Gasteiger partial charge is 0.410 e. The predicted molar refractivity (Wildman–Crippen MR) is 312 cm³/mol. The summed E-state index contributed by atoms with van der Waals surface area (Å²) >= 11 is 0. The van der Waals surface area contributed by atoms with Gasteiger partial charge in [-0.1, -0.05) is 33.6 Å². The van der Waals surface area contributed by atoms with Gasteiger partial charge in [-0.15, -0.1) is 0 Å². The summed E-state index contributed by atoms with van der Waals surface area (Å²) in [5.74, 6) is -9.46. The molecule has 5 aliphatic rings. The quantitative estimate of drug-likeness (QED) is 0.0306. The molecule has 1 heterocycles. The highest BCUT2D eigenvalue weighted by atomic mass is 16.6. The van der Waals surface area contributed by atoms with Crippen molar-refractivity contribution in [2.75, 3.05) is 105 Å². The van der Waals surface area contributed by atoms with E-state index in [1.807, 2.05) is 0 Å². The zero-order valence-electron chi connectivity index (χ0n) is 51.6. The number of ether oxygens (including phenoxy) is 3. The van der Waals surface area contributed by atoms with Gasteiger partial charge in [-0.25, -0.2) is 4.79 Å². The molecule has 506 valence electrons. The van der Waals surface area contributed by atoms with Crippen LogP contribution < -0.4 is 10.6 Å². The van der Waals surface area contributed by atoms with Gasteiger partial charge in [0.2, 0.25) is 0 Å². The van der Waals surface area contributed by atoms with E-state index in [9.17, 15) is 99.0 Å². The van der Waals surface area contributed by atoms with Crippen LogP contribution in [0.5, 0.6) is 0 Å². The molecule has 1 aliphatic heterocycles. The van der Waals surface area contributed by atoms with Crippen molar-refractivity contribution in [3.8, 4) is 0 Å². The second kappa shape index (κ2) is 35.1. The molecule has 0 aromatic carbocycles. The maximum absolute atomic E-state index is 14.1. The molecule has 89 heavy (non-hydrogen) atoms. The van der Waals surface area contributed by atoms with Crippen molar-refractivity contribution in [1.82, 2.24) is 35.1 Å². The fraction of sp³-hybridized carbons (Fsp3) is 0.831. The summed E-state index contributed by atoms with van der Waals surface area (Å²) in [7, 11) is 0. The number of nitrogens with zero attached hydrogens (tertiary/aromatic N) is 5. The number of aliphatic hydroxyl groups is 1. The summed E-state index contributed by atoms with van der Waals surface area (Å²) in [5.41, 5.74) is -0.330. The largest absolute Gasteiger partial charge is 0.481 e. The number of carbonyl (C=O) groups is 10. The van der Waals surface area contributed by atoms with Gasteiger partial charge in [-0.05, 0) is 143 Å². The molecule has 1 amide bonds. The van der Waals surface area contributed by atoms with Gasteiger partial charge in [0.15, 0.2) is 0 Å². The molecule has 30 heteroatoms. The number of nitrogens with one attached hydrogen (secondary N) is 2. The topological polar surface area (TPSA) is 441 Å². The van der Waals surface area contributed by atoms with Crippen LogP contribution in [0.2, 0.25) is 0 Å². The molecule has 14 atom stereocenters. The first-order valence-electron chi connectivity index (χ1n) is 31.2. The van der Waals surface area contributed by atoms with E-state index in [0.717, 1.165) is 51.7 Å². The van der Waals surface area contributed by atoms with Crippen molar-refractivity contribution in [2.24, 2.45) is 46.3 Å². The molecular weight excluding hydrogens is 1170 g/mol. The van der Waals surface area contributed by atoms with Crippen molar-refractivity contribution in [2.45, 2.75) is 160 Å². The molecule has 0 radical (unpaired) electrons. The van der Waals surface area contributed by atoms with E-state index in [0.29, 0.717) is 82.2 Å². The van der Waals surface area contributed by atoms with Crippen LogP contribution in [0.15, 0.2) is 0 Å². The molecule has 4 saturated carbocycles. The molecule has 5 fully saturated rings. The average molecular weight is 1270 g/mol. The summed E-state index contributed by atoms with van der Waals surface area (Å²) in [6.07, 6.45) is 6.43. The molecule has 0 bridgehead atoms. The van der Waals surface area contributed by atoms with Crippen LogP contribution in [0.4, 0.5) is 4.79 Å². The zero-order chi connectivity index (χ0) is 65.8. The number of carboxylic acid groups (broad SMARTS) is 9. The van der Waals surface area contributed by atoms with E-state index in [1.165, 1.54) is 0 Å². The lowest BCUT2D eigenvalue weighted by atomic mass is 9.43. The maximum atomic E-state index is 14.1. The van der Waals surface area contributed by atoms with Gasteiger partial charge in [-0.2, -0.15) is 0 Å². The summed E-state index contributed by atoms with van der Waals surface area (Å²) < 4.78 is 18.8. The highest BCUT2D eigenvalue weighted by molar-refractivity contribution is 5.77. The number of carboxylic acids is 9. The van der Waals surface area contributed by atoms with E-state index in [1.54, 1.807) is 4.90 Å². The number of hydrogen-bond acceptors (Lipinski definition) is 20. The second-order valence-electron chi connectivity index (χ2n) is 25.7. The number of hydrogen-bond donors (Lipinski definition) is 12. The van der Waals surface area contributed by atoms with Crippen molar-refractivity contribution in [1.29, 1.82) is 0 Å². The molecule has 0 spiro atoms. The van der Waals surface area contributed by atoms with Crippen LogP contribution >= 0.6 is 0 Å². The molecule has 6 unspecified atom stereocenters. The highest BCUT2D eigenvalue weighted by Crippen LogP contribution is 2.68. The summed E-state index contributed by atoms with van der Waals surface area (Å²) in [6, 6.07) is -2.55. The second-order valence-corrected chi connectivity index (χ2v) is 25.7. The van der Waals surface area contributed by atoms with Crippen LogP contribution in [-0.2, 0) is 57.4 Å². The molecule has 30 nitrogen and oxygen atoms in total. The number of likely N-dealkylation sites (tertiary alicyclic amines) is 1. The number of unbranched alkanes of at least 4 members (excludes halogenated alkanes) is 2. The molecule has 1 saturated heterocycles. The zero-order valence-corrected chi connectivity index (χ0v) is 51.6. The Morgan fingerprint density at radius 2 is 1.02 bits per heavy atom. The maximum Gasteiger partial charge on any atom is 0.410 e. The SMILES string of the molecule is CC(CCC(=O)O)[C@H]1CC[C@@H]2C3CC[C@@H]4CC(OC(=O)N5CC(OCNCCCCC(C(=O)O)N(CCN(CC(=O)O)CC(=O)O)CC(=O)O)[C@H](OCNCCCC[C@@H](C(=O)O)N(CCN(CC(=O)O)CC(=O)O)CC(=O)O)C5)CC[C@]4(C)C3C[C@H](O)[C@]12C. The number of amides is 1. The van der Waals surface area contributed by atoms with Gasteiger partial charge in [0.25, 0.3) is 0 Å². The fourth-order valence-corrected chi connectivity index (χ4v) is 15.6. The Labute approximate surface area is 518 Å². The third kappa shape index (κ3) is 21.9. The average Bonchev–Trinajstić information content (AvgIpc) is 1.70. The van der Waals surface area contributed by atoms with E-state index in [-0.39, 0.29) is 107 Å². The Hall–Kier alpha value is -5.86. The summed E-state index contributed by atoms with van der Waals surface area (Å²) in [5, 5.41) is 104. The number of fused-ring (bicyclic) bond motifs is 5. The van der Waals surface area contributed by atoms with E-state index < -0.39 is 129 Å². The summed E-state index contributed by atoms with van der Waals surface area (Å²) in [4.78, 5) is 125. The van der Waals surface area contributed by atoms with Gasteiger partial charge in [-0.3, -0.25) is 73.4 Å². The molecule has 0 aromatic rings. The molecule has 12 N–H and O–H groups in total. The highest BCUT2D eigenvalue weighted by Gasteiger charge is 2.64. The minimum Gasteiger partial charge on any atom is -0.481 e. The molecule has 4 aliphatic carbocycles. The Bertz CT molecular complexity index is 2280. The van der Waals surface area contributed by atoms with Crippen molar-refractivity contribution in [3.05, 3.63) is 0 Å². The Morgan fingerprint density at radius 1 is 0.551 bits per heavy atom. The first kappa shape index (κ1) is 73.9. The monoisotopic (exact) mass is 1270 g/mol. The van der Waals surface area contributed by atoms with Gasteiger partial charge in [0.05, 0.1) is 71.9 Å². The van der Waals surface area contributed by atoms with Crippen molar-refractivity contribution in [3.63, 3.8) is 0 Å². The number of rotatable bonds is 43. The van der Waals surface area contributed by atoms with Gasteiger partial charge in [0.1, 0.15) is 30.4 Å². The molecule has 5 rings (SSSR count). The first-order chi connectivity index (χ1) is 42.0. The molecule has 0 aromatic heterocycles. The van der Waals surface area contributed by atoms with E-state index >= 15 is 0 Å². The predicted octanol–water partition coefficient (Wildman–Crippen LogP) is 1.76. The lowest BCUT2D eigenvalue weighted by Crippen LogP contribution is -2.59. The Morgan fingerprint density at radius 3 is 1.46 bits per heavy atom. The Balaban J connectivity index is 1.17. The fourth-order valence-electron chi connectivity index (χ4n) is 15.6. The Kier molecular flexibility index (Phi) is 29.1. The normalized spacial score (nSPS) is 27.6. The lowest BCUT2D eigenvalue weighted by molar-refractivity contribution is -0.175. The standard InChI is InChI=1S/C59H97N7O23/c1-36(10-15-48(68)69)40-13-14-41-39-12-11-37-24-38(16-17-58(37,2)42(39)25-47(67)59(40,41)3)89-57(86)66-26-45(87-34-60-18-6-4-8-43(55(82)83)64(32-53(78)79)22-20-62(28-49(70)71)29-50(72)73)46(27-66)88-35-61-19-7-5-9-44(56(84)85)65(33-54(80)81)23-21-63(30-51(74)75)31-52(76)77/h36-47,60-61,67H,4-35H2,1-3H3,(H,68,69)(H,70,71)(H,72,73)(H,74,75)(H,76,77)(H,78,79)(H,80,81)(H,82,83)(H,84,85)/t36?,37-,38?,39?,40-,41-,42?,43+,44?,45-,46?,47+,58+,59-/m1/s1. The third-order valence-corrected chi connectivity index (χ3v) is 20.0. The van der Waals surface area contributed by atoms with Crippen molar-refractivity contribution < 1.29 is 113 Å². The van der Waals surface area contributed by atoms with Gasteiger partial charge >= 0.3 is 59.8 Å². The van der Waals surface area contributed by atoms with Crippen LogP contribution in [0.25, 0.3) is 0 Å². The van der Waals surface area contributed by atoms with Gasteiger partial charge < -0.3 is 70.2 Å². The van der Waals surface area contributed by atoms with E-state index in [4.69, 9.17) is 14.2 Å². The van der Waals surface area contributed by atoms with Crippen LogP contribution in [0, 0.1) is 46.3 Å². The number of carbonyl (C=O) groups excluding carboxylic acids is 1. The van der Waals surface area contributed by atoms with Crippen LogP contribution in [-0.4, -0.2) is 277 Å². The first-order valence-corrected chi connectivity index (χ1v) is 31.2.